The molecule has 0 bridgehead atoms. The first kappa shape index (κ1) is 16.5. The summed E-state index contributed by atoms with van der Waals surface area (Å²) in [5.41, 5.74) is 8.78. The first-order chi connectivity index (χ1) is 10.3. The van der Waals surface area contributed by atoms with Gasteiger partial charge in [-0.25, -0.2) is 0 Å². The Morgan fingerprint density at radius 1 is 1.00 bits per heavy atom. The van der Waals surface area contributed by atoms with Gasteiger partial charge in [-0.05, 0) is 24.0 Å². The summed E-state index contributed by atoms with van der Waals surface area (Å²) in [5, 5.41) is 0. The van der Waals surface area contributed by atoms with Gasteiger partial charge in [0.1, 0.15) is 0 Å². The molecule has 1 atom stereocenters. The molecule has 1 heterocycles. The van der Waals surface area contributed by atoms with Gasteiger partial charge in [-0.3, -0.25) is 9.80 Å². The number of hydrogen-bond donors (Lipinski definition) is 1. The SMILES string of the molecule is CCCC(CN)N1CCN(Cc2ccc(CC)cc2)CC1. The quantitative estimate of drug-likeness (QED) is 0.837. The van der Waals surface area contributed by atoms with Crippen molar-refractivity contribution < 1.29 is 0 Å². The molecule has 1 unspecified atom stereocenters. The molecule has 1 fully saturated rings. The van der Waals surface area contributed by atoms with Crippen molar-refractivity contribution in [3.63, 3.8) is 0 Å². The van der Waals surface area contributed by atoms with Gasteiger partial charge in [-0.2, -0.15) is 0 Å². The summed E-state index contributed by atoms with van der Waals surface area (Å²) < 4.78 is 0. The maximum Gasteiger partial charge on any atom is 0.0234 e. The molecule has 0 radical (unpaired) electrons. The van der Waals surface area contributed by atoms with E-state index in [1.165, 1.54) is 24.0 Å². The highest BCUT2D eigenvalue weighted by atomic mass is 15.3. The maximum atomic E-state index is 5.92. The van der Waals surface area contributed by atoms with Gasteiger partial charge < -0.3 is 5.73 Å². The number of nitrogens with two attached hydrogens (primary N) is 1. The minimum absolute atomic E-state index is 0.584. The van der Waals surface area contributed by atoms with Crippen molar-refractivity contribution in [1.82, 2.24) is 9.80 Å². The Balaban J connectivity index is 1.80. The van der Waals surface area contributed by atoms with Crippen molar-refractivity contribution in [2.45, 2.75) is 45.7 Å². The number of piperazine rings is 1. The highest BCUT2D eigenvalue weighted by Crippen LogP contribution is 2.13. The third kappa shape index (κ3) is 4.80. The van der Waals surface area contributed by atoms with Crippen LogP contribution in [-0.2, 0) is 13.0 Å². The van der Waals surface area contributed by atoms with Crippen molar-refractivity contribution in [1.29, 1.82) is 0 Å². The van der Waals surface area contributed by atoms with Crippen LogP contribution in [0.1, 0.15) is 37.8 Å². The molecule has 1 aromatic carbocycles. The van der Waals surface area contributed by atoms with Crippen LogP contribution in [0.4, 0.5) is 0 Å². The van der Waals surface area contributed by atoms with E-state index in [9.17, 15) is 0 Å². The van der Waals surface area contributed by atoms with E-state index in [0.717, 1.165) is 45.7 Å². The molecule has 3 nitrogen and oxygen atoms in total. The summed E-state index contributed by atoms with van der Waals surface area (Å²) in [5.74, 6) is 0. The Morgan fingerprint density at radius 3 is 2.14 bits per heavy atom. The molecule has 0 saturated carbocycles. The van der Waals surface area contributed by atoms with Crippen molar-refractivity contribution >= 4 is 0 Å². The lowest BCUT2D eigenvalue weighted by Crippen LogP contribution is -2.51. The topological polar surface area (TPSA) is 32.5 Å². The van der Waals surface area contributed by atoms with Crippen LogP contribution in [0, 0.1) is 0 Å². The molecule has 118 valence electrons. The molecular formula is C18H31N3. The summed E-state index contributed by atoms with van der Waals surface area (Å²) in [4.78, 5) is 5.15. The predicted molar refractivity (Wildman–Crippen MR) is 90.4 cm³/mol. The maximum absolute atomic E-state index is 5.92. The number of nitrogens with zero attached hydrogens (tertiary/aromatic N) is 2. The van der Waals surface area contributed by atoms with E-state index in [0.29, 0.717) is 6.04 Å². The third-order valence-electron chi connectivity index (χ3n) is 4.65. The molecule has 2 N–H and O–H groups in total. The minimum atomic E-state index is 0.584. The van der Waals surface area contributed by atoms with Gasteiger partial charge >= 0.3 is 0 Å². The monoisotopic (exact) mass is 289 g/mol. The average Bonchev–Trinajstić information content (AvgIpc) is 2.54. The number of rotatable bonds is 7. The normalized spacial score (nSPS) is 18.8. The molecular weight excluding hydrogens is 258 g/mol. The van der Waals surface area contributed by atoms with Crippen molar-refractivity contribution in [2.24, 2.45) is 5.73 Å². The summed E-state index contributed by atoms with van der Waals surface area (Å²) >= 11 is 0. The van der Waals surface area contributed by atoms with Crippen molar-refractivity contribution in [3.05, 3.63) is 35.4 Å². The van der Waals surface area contributed by atoms with Gasteiger partial charge in [0.05, 0.1) is 0 Å². The molecule has 21 heavy (non-hydrogen) atoms. The lowest BCUT2D eigenvalue weighted by atomic mass is 10.1. The summed E-state index contributed by atoms with van der Waals surface area (Å²) in [6.45, 7) is 11.0. The van der Waals surface area contributed by atoms with Gasteiger partial charge in [0.15, 0.2) is 0 Å². The Morgan fingerprint density at radius 2 is 1.62 bits per heavy atom. The van der Waals surface area contributed by atoms with Gasteiger partial charge in [-0.15, -0.1) is 0 Å². The standard InChI is InChI=1S/C18H31N3/c1-3-5-18(14-19)21-12-10-20(11-13-21)15-17-8-6-16(4-2)7-9-17/h6-9,18H,3-5,10-15,19H2,1-2H3. The fourth-order valence-electron chi connectivity index (χ4n) is 3.21. The van der Waals surface area contributed by atoms with E-state index in [2.05, 4.69) is 47.9 Å². The molecule has 0 amide bonds. The zero-order valence-electron chi connectivity index (χ0n) is 13.7. The van der Waals surface area contributed by atoms with Crippen LogP contribution in [0.15, 0.2) is 24.3 Å². The molecule has 1 saturated heterocycles. The molecule has 3 heteroatoms. The predicted octanol–water partition coefficient (Wildman–Crippen LogP) is 2.49. The van der Waals surface area contributed by atoms with Crippen LogP contribution in [0.3, 0.4) is 0 Å². The lowest BCUT2D eigenvalue weighted by Gasteiger charge is -2.39. The smallest absolute Gasteiger partial charge is 0.0234 e. The molecule has 1 aliphatic heterocycles. The molecule has 1 aromatic rings. The first-order valence-electron chi connectivity index (χ1n) is 8.51. The van der Waals surface area contributed by atoms with Gasteiger partial charge in [0.2, 0.25) is 0 Å². The third-order valence-corrected chi connectivity index (χ3v) is 4.65. The highest BCUT2D eigenvalue weighted by Gasteiger charge is 2.22. The van der Waals surface area contributed by atoms with Gasteiger partial charge in [0.25, 0.3) is 0 Å². The summed E-state index contributed by atoms with van der Waals surface area (Å²) in [7, 11) is 0. The second-order valence-corrected chi connectivity index (χ2v) is 6.16. The highest BCUT2D eigenvalue weighted by molar-refractivity contribution is 5.22. The molecule has 0 aliphatic carbocycles. The Labute approximate surface area is 130 Å². The average molecular weight is 289 g/mol. The van der Waals surface area contributed by atoms with Crippen LogP contribution in [-0.4, -0.2) is 48.6 Å². The zero-order valence-corrected chi connectivity index (χ0v) is 13.7. The van der Waals surface area contributed by atoms with Crippen LogP contribution in [0.25, 0.3) is 0 Å². The van der Waals surface area contributed by atoms with E-state index in [-0.39, 0.29) is 0 Å². The van der Waals surface area contributed by atoms with Crippen LogP contribution in [0.5, 0.6) is 0 Å². The summed E-state index contributed by atoms with van der Waals surface area (Å²) in [6.07, 6.45) is 3.58. The minimum Gasteiger partial charge on any atom is -0.329 e. The first-order valence-corrected chi connectivity index (χ1v) is 8.51. The molecule has 0 aromatic heterocycles. The van der Waals surface area contributed by atoms with E-state index in [1.54, 1.807) is 0 Å². The van der Waals surface area contributed by atoms with E-state index in [1.807, 2.05) is 0 Å². The number of aryl methyl sites for hydroxylation is 1. The molecule has 2 rings (SSSR count). The second-order valence-electron chi connectivity index (χ2n) is 6.16. The Bertz CT molecular complexity index is 393. The van der Waals surface area contributed by atoms with Gasteiger partial charge in [-0.1, -0.05) is 44.5 Å². The molecule has 1 aliphatic rings. The fraction of sp³-hybridized carbons (Fsp3) is 0.667. The van der Waals surface area contributed by atoms with Crippen LogP contribution < -0.4 is 5.73 Å². The van der Waals surface area contributed by atoms with Crippen LogP contribution in [0.2, 0.25) is 0 Å². The Kier molecular flexibility index (Phi) is 6.68. The Hall–Kier alpha value is -0.900. The molecule has 0 spiro atoms. The largest absolute Gasteiger partial charge is 0.329 e. The lowest BCUT2D eigenvalue weighted by molar-refractivity contribution is 0.0905. The van der Waals surface area contributed by atoms with Crippen molar-refractivity contribution in [2.75, 3.05) is 32.7 Å². The fourth-order valence-corrected chi connectivity index (χ4v) is 3.21. The van der Waals surface area contributed by atoms with Gasteiger partial charge in [0, 0.05) is 45.3 Å². The summed E-state index contributed by atoms with van der Waals surface area (Å²) in [6, 6.07) is 9.67. The van der Waals surface area contributed by atoms with E-state index >= 15 is 0 Å². The van der Waals surface area contributed by atoms with Crippen LogP contribution >= 0.6 is 0 Å². The second kappa shape index (κ2) is 8.52. The zero-order chi connectivity index (χ0) is 15.1. The number of hydrogen-bond acceptors (Lipinski definition) is 3. The van der Waals surface area contributed by atoms with Crippen molar-refractivity contribution in [3.8, 4) is 0 Å². The number of benzene rings is 1. The van der Waals surface area contributed by atoms with E-state index in [4.69, 9.17) is 5.73 Å². The van der Waals surface area contributed by atoms with E-state index < -0.39 is 0 Å².